The van der Waals surface area contributed by atoms with Gasteiger partial charge in [0, 0.05) is 11.3 Å². The summed E-state index contributed by atoms with van der Waals surface area (Å²) < 4.78 is 1.13. The molecule has 14 heavy (non-hydrogen) atoms. The summed E-state index contributed by atoms with van der Waals surface area (Å²) in [6.07, 6.45) is 1.40. The fourth-order valence-corrected chi connectivity index (χ4v) is 3.03. The van der Waals surface area contributed by atoms with Crippen LogP contribution < -0.4 is 0 Å². The fourth-order valence-electron chi connectivity index (χ4n) is 1.47. The lowest BCUT2D eigenvalue weighted by molar-refractivity contribution is 0.122. The number of aliphatic hydroxyl groups excluding tert-OH is 1. The molecule has 1 heterocycles. The summed E-state index contributed by atoms with van der Waals surface area (Å²) in [7, 11) is 0. The van der Waals surface area contributed by atoms with E-state index in [-0.39, 0.29) is 11.5 Å². The molecule has 1 aromatic heterocycles. The molecule has 3 heteroatoms. The highest BCUT2D eigenvalue weighted by atomic mass is 79.9. The van der Waals surface area contributed by atoms with E-state index in [4.69, 9.17) is 0 Å². The third-order valence-corrected chi connectivity index (χ3v) is 3.56. The van der Waals surface area contributed by atoms with Crippen molar-refractivity contribution in [3.05, 3.63) is 20.8 Å². The van der Waals surface area contributed by atoms with E-state index in [1.165, 1.54) is 4.88 Å². The Morgan fingerprint density at radius 1 is 1.43 bits per heavy atom. The van der Waals surface area contributed by atoms with Crippen LogP contribution in [0.4, 0.5) is 0 Å². The molecule has 0 amide bonds. The molecule has 0 saturated carbocycles. The van der Waals surface area contributed by atoms with Gasteiger partial charge in [0.1, 0.15) is 0 Å². The third-order valence-electron chi connectivity index (χ3n) is 1.91. The Bertz CT molecular complexity index is 288. The van der Waals surface area contributed by atoms with Crippen molar-refractivity contribution in [2.24, 2.45) is 5.41 Å². The Morgan fingerprint density at radius 3 is 2.50 bits per heavy atom. The molecule has 0 aliphatic heterocycles. The predicted octanol–water partition coefficient (Wildman–Crippen LogP) is 3.85. The summed E-state index contributed by atoms with van der Waals surface area (Å²) >= 11 is 5.12. The summed E-state index contributed by atoms with van der Waals surface area (Å²) in [5, 5.41) is 9.84. The minimum atomic E-state index is -0.222. The van der Waals surface area contributed by atoms with Crippen molar-refractivity contribution < 1.29 is 5.11 Å². The maximum Gasteiger partial charge on any atom is 0.0701 e. The van der Waals surface area contributed by atoms with E-state index in [1.54, 1.807) is 11.3 Å². The lowest BCUT2D eigenvalue weighted by atomic mass is 9.88. The van der Waals surface area contributed by atoms with Gasteiger partial charge in [0.15, 0.2) is 0 Å². The average molecular weight is 277 g/mol. The average Bonchev–Trinajstić information content (AvgIpc) is 2.30. The Hall–Kier alpha value is 0.140. The predicted molar refractivity (Wildman–Crippen MR) is 65.8 cm³/mol. The van der Waals surface area contributed by atoms with Crippen LogP contribution in [-0.4, -0.2) is 11.2 Å². The molecule has 0 spiro atoms. The number of rotatable bonds is 3. The van der Waals surface area contributed by atoms with Crippen LogP contribution >= 0.6 is 27.3 Å². The summed E-state index contributed by atoms with van der Waals surface area (Å²) in [5.41, 5.74) is 0.202. The van der Waals surface area contributed by atoms with Crippen LogP contribution in [0.25, 0.3) is 0 Å². The fraction of sp³-hybridized carbons (Fsp3) is 0.636. The second-order valence-corrected chi connectivity index (χ2v) is 7.38. The SMILES string of the molecule is CC(C)(C)CC(O)Cc1ccc(Br)s1. The van der Waals surface area contributed by atoms with Gasteiger partial charge in [0.05, 0.1) is 9.89 Å². The second-order valence-electron chi connectivity index (χ2n) is 4.83. The van der Waals surface area contributed by atoms with Crippen molar-refractivity contribution in [2.75, 3.05) is 0 Å². The first-order chi connectivity index (χ1) is 6.37. The van der Waals surface area contributed by atoms with Gasteiger partial charge < -0.3 is 5.11 Å². The molecule has 1 N–H and O–H groups in total. The minimum absolute atomic E-state index is 0.202. The number of hydrogen-bond acceptors (Lipinski definition) is 2. The maximum atomic E-state index is 9.84. The first kappa shape index (κ1) is 12.2. The van der Waals surface area contributed by atoms with Gasteiger partial charge in [-0.3, -0.25) is 0 Å². The molecule has 1 aromatic rings. The second kappa shape index (κ2) is 4.77. The molecule has 0 bridgehead atoms. The molecular formula is C11H17BrOS. The van der Waals surface area contributed by atoms with E-state index in [2.05, 4.69) is 42.8 Å². The Kier molecular flexibility index (Phi) is 4.16. The van der Waals surface area contributed by atoms with Crippen molar-refractivity contribution in [3.63, 3.8) is 0 Å². The quantitative estimate of drug-likeness (QED) is 0.889. The van der Waals surface area contributed by atoms with Crippen molar-refractivity contribution in [1.82, 2.24) is 0 Å². The first-order valence-corrected chi connectivity index (χ1v) is 6.40. The van der Waals surface area contributed by atoms with E-state index in [1.807, 2.05) is 6.07 Å². The van der Waals surface area contributed by atoms with E-state index in [0.717, 1.165) is 16.6 Å². The molecule has 0 radical (unpaired) electrons. The van der Waals surface area contributed by atoms with Crippen LogP contribution in [0, 0.1) is 5.41 Å². The minimum Gasteiger partial charge on any atom is -0.393 e. The zero-order valence-electron chi connectivity index (χ0n) is 8.88. The normalized spacial score (nSPS) is 14.4. The molecule has 1 rings (SSSR count). The van der Waals surface area contributed by atoms with Gasteiger partial charge in [-0.25, -0.2) is 0 Å². The van der Waals surface area contributed by atoms with E-state index in [0.29, 0.717) is 0 Å². The van der Waals surface area contributed by atoms with E-state index in [9.17, 15) is 5.11 Å². The maximum absolute atomic E-state index is 9.84. The van der Waals surface area contributed by atoms with Crippen molar-refractivity contribution in [3.8, 4) is 0 Å². The Labute approximate surface area is 98.3 Å². The standard InChI is InChI=1S/C11H17BrOS/c1-11(2,3)7-8(13)6-9-4-5-10(12)14-9/h4-5,8,13H,6-7H2,1-3H3. The van der Waals surface area contributed by atoms with Gasteiger partial charge in [-0.15, -0.1) is 11.3 Å². The number of hydrogen-bond donors (Lipinski definition) is 1. The lowest BCUT2D eigenvalue weighted by Crippen LogP contribution is -2.19. The lowest BCUT2D eigenvalue weighted by Gasteiger charge is -2.21. The van der Waals surface area contributed by atoms with E-state index < -0.39 is 0 Å². The molecule has 1 nitrogen and oxygen atoms in total. The number of halogens is 1. The van der Waals surface area contributed by atoms with Gasteiger partial charge in [-0.2, -0.15) is 0 Å². The van der Waals surface area contributed by atoms with Crippen LogP contribution in [0.2, 0.25) is 0 Å². The van der Waals surface area contributed by atoms with Crippen LogP contribution in [0.15, 0.2) is 15.9 Å². The molecule has 0 aliphatic carbocycles. The Balaban J connectivity index is 2.45. The molecule has 0 aliphatic rings. The van der Waals surface area contributed by atoms with Crippen LogP contribution in [0.1, 0.15) is 32.1 Å². The molecule has 0 fully saturated rings. The topological polar surface area (TPSA) is 20.2 Å². The van der Waals surface area contributed by atoms with Crippen LogP contribution in [0.5, 0.6) is 0 Å². The summed E-state index contributed by atoms with van der Waals surface area (Å²) in [5.74, 6) is 0. The first-order valence-electron chi connectivity index (χ1n) is 4.79. The van der Waals surface area contributed by atoms with Gasteiger partial charge in [-0.1, -0.05) is 20.8 Å². The number of aliphatic hydroxyl groups is 1. The van der Waals surface area contributed by atoms with Gasteiger partial charge in [-0.05, 0) is 39.9 Å². The van der Waals surface area contributed by atoms with Gasteiger partial charge in [0.2, 0.25) is 0 Å². The van der Waals surface area contributed by atoms with Crippen molar-refractivity contribution >= 4 is 27.3 Å². The summed E-state index contributed by atoms with van der Waals surface area (Å²) in [6, 6.07) is 4.10. The zero-order valence-corrected chi connectivity index (χ0v) is 11.3. The highest BCUT2D eigenvalue weighted by Crippen LogP contribution is 2.26. The van der Waals surface area contributed by atoms with Crippen LogP contribution in [0.3, 0.4) is 0 Å². The van der Waals surface area contributed by atoms with Crippen molar-refractivity contribution in [1.29, 1.82) is 0 Å². The monoisotopic (exact) mass is 276 g/mol. The molecule has 0 saturated heterocycles. The number of thiophene rings is 1. The Morgan fingerprint density at radius 2 is 2.07 bits per heavy atom. The van der Waals surface area contributed by atoms with Crippen molar-refractivity contribution in [2.45, 2.75) is 39.7 Å². The third kappa shape index (κ3) is 4.58. The molecule has 80 valence electrons. The molecule has 1 unspecified atom stereocenters. The molecular weight excluding hydrogens is 260 g/mol. The van der Waals surface area contributed by atoms with Gasteiger partial charge in [0.25, 0.3) is 0 Å². The van der Waals surface area contributed by atoms with Crippen LogP contribution in [-0.2, 0) is 6.42 Å². The van der Waals surface area contributed by atoms with E-state index >= 15 is 0 Å². The smallest absolute Gasteiger partial charge is 0.0701 e. The molecule has 1 atom stereocenters. The molecule has 0 aromatic carbocycles. The summed E-state index contributed by atoms with van der Waals surface area (Å²) in [6.45, 7) is 6.46. The van der Waals surface area contributed by atoms with Gasteiger partial charge >= 0.3 is 0 Å². The highest BCUT2D eigenvalue weighted by Gasteiger charge is 2.17. The largest absolute Gasteiger partial charge is 0.393 e. The zero-order chi connectivity index (χ0) is 10.8. The summed E-state index contributed by atoms with van der Waals surface area (Å²) in [4.78, 5) is 1.24. The highest BCUT2D eigenvalue weighted by molar-refractivity contribution is 9.11.